The normalized spacial score (nSPS) is 33.2. The number of anilines is 1. The van der Waals surface area contributed by atoms with Crippen LogP contribution in [0, 0.1) is 11.8 Å². The Bertz CT molecular complexity index is 392. The van der Waals surface area contributed by atoms with Gasteiger partial charge in [0.15, 0.2) is 0 Å². The predicted octanol–water partition coefficient (Wildman–Crippen LogP) is 2.61. The monoisotopic (exact) mass is 230 g/mol. The maximum atomic E-state index is 3.58. The third kappa shape index (κ3) is 2.06. The first-order valence-electron chi connectivity index (χ1n) is 6.80. The Kier molecular flexibility index (Phi) is 2.83. The highest BCUT2D eigenvalue weighted by Gasteiger charge is 2.32. The van der Waals surface area contributed by atoms with E-state index >= 15 is 0 Å². The van der Waals surface area contributed by atoms with E-state index in [1.165, 1.54) is 30.8 Å². The lowest BCUT2D eigenvalue weighted by atomic mass is 9.99. The van der Waals surface area contributed by atoms with E-state index in [4.69, 9.17) is 0 Å². The Morgan fingerprint density at radius 2 is 1.82 bits per heavy atom. The van der Waals surface area contributed by atoms with Crippen LogP contribution < -0.4 is 5.32 Å². The molecule has 2 heteroatoms. The Hall–Kier alpha value is -1.02. The van der Waals surface area contributed by atoms with Crippen LogP contribution >= 0.6 is 0 Å². The van der Waals surface area contributed by atoms with Crippen molar-refractivity contribution in [2.75, 3.05) is 25.0 Å². The van der Waals surface area contributed by atoms with Gasteiger partial charge in [0.2, 0.25) is 0 Å². The molecule has 2 heterocycles. The van der Waals surface area contributed by atoms with E-state index in [0.29, 0.717) is 6.04 Å². The van der Waals surface area contributed by atoms with Crippen LogP contribution in [0.15, 0.2) is 24.3 Å². The molecular weight excluding hydrogens is 208 g/mol. The Morgan fingerprint density at radius 3 is 2.59 bits per heavy atom. The van der Waals surface area contributed by atoms with Crippen molar-refractivity contribution in [3.8, 4) is 0 Å². The van der Waals surface area contributed by atoms with Gasteiger partial charge in [0, 0.05) is 31.4 Å². The van der Waals surface area contributed by atoms with Gasteiger partial charge in [0.25, 0.3) is 0 Å². The van der Waals surface area contributed by atoms with Gasteiger partial charge in [0.1, 0.15) is 0 Å². The van der Waals surface area contributed by atoms with Crippen molar-refractivity contribution in [1.29, 1.82) is 0 Å². The van der Waals surface area contributed by atoms with Crippen molar-refractivity contribution >= 4 is 5.69 Å². The highest BCUT2D eigenvalue weighted by Crippen LogP contribution is 2.29. The molecule has 0 amide bonds. The SMILES string of the molecule is CC1CN(C2CNc3ccccc3C2)CC1C. The van der Waals surface area contributed by atoms with Crippen molar-refractivity contribution in [3.63, 3.8) is 0 Å². The quantitative estimate of drug-likeness (QED) is 0.798. The van der Waals surface area contributed by atoms with Crippen LogP contribution in [-0.2, 0) is 6.42 Å². The molecule has 0 bridgehead atoms. The molecule has 3 atom stereocenters. The fraction of sp³-hybridized carbons (Fsp3) is 0.600. The van der Waals surface area contributed by atoms with Crippen molar-refractivity contribution in [2.45, 2.75) is 26.3 Å². The first kappa shape index (κ1) is 11.1. The summed E-state index contributed by atoms with van der Waals surface area (Å²) < 4.78 is 0. The minimum absolute atomic E-state index is 0.692. The van der Waals surface area contributed by atoms with Crippen LogP contribution in [-0.4, -0.2) is 30.6 Å². The van der Waals surface area contributed by atoms with Crippen LogP contribution in [0.1, 0.15) is 19.4 Å². The lowest BCUT2D eigenvalue weighted by molar-refractivity contribution is 0.236. The molecule has 0 spiro atoms. The highest BCUT2D eigenvalue weighted by molar-refractivity contribution is 5.53. The molecule has 1 aromatic rings. The van der Waals surface area contributed by atoms with Gasteiger partial charge in [-0.15, -0.1) is 0 Å². The average molecular weight is 230 g/mol. The van der Waals surface area contributed by atoms with Crippen LogP contribution in [0.2, 0.25) is 0 Å². The molecule has 0 aromatic heterocycles. The number of rotatable bonds is 1. The maximum Gasteiger partial charge on any atom is 0.0373 e. The first-order chi connectivity index (χ1) is 8.24. The number of hydrogen-bond acceptors (Lipinski definition) is 2. The number of hydrogen-bond donors (Lipinski definition) is 1. The topological polar surface area (TPSA) is 15.3 Å². The average Bonchev–Trinajstić information content (AvgIpc) is 2.69. The van der Waals surface area contributed by atoms with E-state index in [0.717, 1.165) is 18.4 Å². The Labute approximate surface area is 104 Å². The molecule has 1 saturated heterocycles. The number of benzene rings is 1. The van der Waals surface area contributed by atoms with Crippen molar-refractivity contribution in [1.82, 2.24) is 4.90 Å². The zero-order chi connectivity index (χ0) is 11.8. The van der Waals surface area contributed by atoms with E-state index in [9.17, 15) is 0 Å². The molecular formula is C15H22N2. The third-order valence-corrected chi connectivity index (χ3v) is 4.53. The molecule has 0 aliphatic carbocycles. The largest absolute Gasteiger partial charge is 0.383 e. The number of para-hydroxylation sites is 1. The first-order valence-corrected chi connectivity index (χ1v) is 6.80. The molecule has 1 N–H and O–H groups in total. The summed E-state index contributed by atoms with van der Waals surface area (Å²) in [5, 5.41) is 3.58. The van der Waals surface area contributed by atoms with Crippen LogP contribution in [0.25, 0.3) is 0 Å². The molecule has 1 aromatic carbocycles. The van der Waals surface area contributed by atoms with Gasteiger partial charge >= 0.3 is 0 Å². The molecule has 17 heavy (non-hydrogen) atoms. The van der Waals surface area contributed by atoms with Crippen molar-refractivity contribution < 1.29 is 0 Å². The number of nitrogens with one attached hydrogen (secondary N) is 1. The zero-order valence-electron chi connectivity index (χ0n) is 10.8. The fourth-order valence-corrected chi connectivity index (χ4v) is 3.16. The molecule has 0 radical (unpaired) electrons. The van der Waals surface area contributed by atoms with Gasteiger partial charge in [-0.3, -0.25) is 4.90 Å². The highest BCUT2D eigenvalue weighted by atomic mass is 15.2. The molecule has 0 saturated carbocycles. The minimum Gasteiger partial charge on any atom is -0.383 e. The second-order valence-corrected chi connectivity index (χ2v) is 5.80. The summed E-state index contributed by atoms with van der Waals surface area (Å²) in [5.41, 5.74) is 2.82. The summed E-state index contributed by atoms with van der Waals surface area (Å²) in [6.45, 7) is 8.42. The molecule has 3 unspecified atom stereocenters. The molecule has 92 valence electrons. The second-order valence-electron chi connectivity index (χ2n) is 5.80. The summed E-state index contributed by atoms with van der Waals surface area (Å²) in [5.74, 6) is 1.71. The summed E-state index contributed by atoms with van der Waals surface area (Å²) in [6, 6.07) is 9.42. The van der Waals surface area contributed by atoms with Crippen molar-refractivity contribution in [3.05, 3.63) is 29.8 Å². The lowest BCUT2D eigenvalue weighted by Crippen LogP contribution is -2.42. The summed E-state index contributed by atoms with van der Waals surface area (Å²) >= 11 is 0. The number of nitrogens with zero attached hydrogens (tertiary/aromatic N) is 1. The van der Waals surface area contributed by atoms with E-state index in [2.05, 4.69) is 48.3 Å². The molecule has 2 aliphatic rings. The van der Waals surface area contributed by atoms with E-state index in [-0.39, 0.29) is 0 Å². The molecule has 2 aliphatic heterocycles. The summed E-state index contributed by atoms with van der Waals surface area (Å²) in [4.78, 5) is 2.68. The van der Waals surface area contributed by atoms with E-state index in [1.54, 1.807) is 0 Å². The lowest BCUT2D eigenvalue weighted by Gasteiger charge is -2.33. The molecule has 1 fully saturated rings. The zero-order valence-corrected chi connectivity index (χ0v) is 10.8. The Balaban J connectivity index is 1.72. The molecule has 3 rings (SSSR count). The number of fused-ring (bicyclic) bond motifs is 1. The minimum atomic E-state index is 0.692. The van der Waals surface area contributed by atoms with Gasteiger partial charge in [-0.25, -0.2) is 0 Å². The van der Waals surface area contributed by atoms with Gasteiger partial charge < -0.3 is 5.32 Å². The van der Waals surface area contributed by atoms with Gasteiger partial charge in [-0.2, -0.15) is 0 Å². The maximum absolute atomic E-state index is 3.58. The van der Waals surface area contributed by atoms with Crippen LogP contribution in [0.3, 0.4) is 0 Å². The summed E-state index contributed by atoms with van der Waals surface area (Å²) in [6.07, 6.45) is 1.21. The second kappa shape index (κ2) is 4.34. The standard InChI is InChI=1S/C15H22N2/c1-11-9-17(10-12(11)2)14-7-13-5-3-4-6-15(13)16-8-14/h3-6,11-12,14,16H,7-10H2,1-2H3. The van der Waals surface area contributed by atoms with Gasteiger partial charge in [-0.05, 0) is 29.9 Å². The van der Waals surface area contributed by atoms with Crippen LogP contribution in [0.5, 0.6) is 0 Å². The van der Waals surface area contributed by atoms with Crippen molar-refractivity contribution in [2.24, 2.45) is 11.8 Å². The van der Waals surface area contributed by atoms with Gasteiger partial charge in [-0.1, -0.05) is 32.0 Å². The Morgan fingerprint density at radius 1 is 1.12 bits per heavy atom. The smallest absolute Gasteiger partial charge is 0.0373 e. The molecule has 2 nitrogen and oxygen atoms in total. The van der Waals surface area contributed by atoms with Crippen LogP contribution in [0.4, 0.5) is 5.69 Å². The van der Waals surface area contributed by atoms with E-state index in [1.807, 2.05) is 0 Å². The number of likely N-dealkylation sites (tertiary alicyclic amines) is 1. The van der Waals surface area contributed by atoms with E-state index < -0.39 is 0 Å². The fourth-order valence-electron chi connectivity index (χ4n) is 3.16. The van der Waals surface area contributed by atoms with Gasteiger partial charge in [0.05, 0.1) is 0 Å². The predicted molar refractivity (Wildman–Crippen MR) is 72.3 cm³/mol. The summed E-state index contributed by atoms with van der Waals surface area (Å²) in [7, 11) is 0. The third-order valence-electron chi connectivity index (χ3n) is 4.53.